The normalized spacial score (nSPS) is 17.3. The van der Waals surface area contributed by atoms with E-state index in [2.05, 4.69) is 10.6 Å². The molecule has 0 bridgehead atoms. The van der Waals surface area contributed by atoms with E-state index in [-0.39, 0.29) is 23.3 Å². The number of carbonyl (C=O) groups is 2. The zero-order chi connectivity index (χ0) is 19.1. The first kappa shape index (κ1) is 18.2. The molecule has 0 saturated heterocycles. The van der Waals surface area contributed by atoms with Gasteiger partial charge in [0.2, 0.25) is 5.91 Å². The molecule has 2 amide bonds. The lowest BCUT2D eigenvalue weighted by Crippen LogP contribution is -2.33. The summed E-state index contributed by atoms with van der Waals surface area (Å²) in [6, 6.07) is 5.76. The van der Waals surface area contributed by atoms with Gasteiger partial charge in [-0.15, -0.1) is 0 Å². The largest absolute Gasteiger partial charge is 0.486 e. The standard InChI is InChI=1S/C18H13Cl3N2O4/c19-10-2-1-9-15(14(10)21)23-18(25)16(9)22-13(24)7-8-5-11(20)17-12(6-8)26-3-4-27-17/h1-2,5-6,16H,3-4,7H2,(H,22,24)(H,23,25)/t16-/m1/s1. The Kier molecular flexibility index (Phi) is 4.80. The molecule has 2 heterocycles. The van der Waals surface area contributed by atoms with Crippen LogP contribution >= 0.6 is 34.8 Å². The summed E-state index contributed by atoms with van der Waals surface area (Å²) in [5.74, 6) is 0.258. The predicted octanol–water partition coefficient (Wildman–Crippen LogP) is 3.77. The molecule has 2 aromatic carbocycles. The number of ether oxygens (including phenoxy) is 2. The minimum absolute atomic E-state index is 0.0246. The highest BCUT2D eigenvalue weighted by molar-refractivity contribution is 6.44. The van der Waals surface area contributed by atoms with Crippen molar-refractivity contribution in [3.8, 4) is 11.5 Å². The van der Waals surface area contributed by atoms with Gasteiger partial charge in [-0.1, -0.05) is 40.9 Å². The number of carbonyl (C=O) groups excluding carboxylic acids is 2. The summed E-state index contributed by atoms with van der Waals surface area (Å²) in [5.41, 5.74) is 1.64. The zero-order valence-electron chi connectivity index (χ0n) is 13.8. The maximum absolute atomic E-state index is 12.5. The Morgan fingerprint density at radius 1 is 1.15 bits per heavy atom. The molecular weight excluding hydrogens is 415 g/mol. The highest BCUT2D eigenvalue weighted by Gasteiger charge is 2.34. The number of benzene rings is 2. The van der Waals surface area contributed by atoms with Crippen molar-refractivity contribution in [2.75, 3.05) is 18.5 Å². The van der Waals surface area contributed by atoms with Crippen molar-refractivity contribution >= 4 is 52.3 Å². The summed E-state index contributed by atoms with van der Waals surface area (Å²) in [6.45, 7) is 0.844. The van der Waals surface area contributed by atoms with Gasteiger partial charge in [0.05, 0.1) is 27.2 Å². The summed E-state index contributed by atoms with van der Waals surface area (Å²) in [7, 11) is 0. The fraction of sp³-hybridized carbons (Fsp3) is 0.222. The van der Waals surface area contributed by atoms with Crippen LogP contribution in [0.2, 0.25) is 15.1 Å². The highest BCUT2D eigenvalue weighted by atomic mass is 35.5. The van der Waals surface area contributed by atoms with E-state index in [9.17, 15) is 9.59 Å². The minimum Gasteiger partial charge on any atom is -0.486 e. The summed E-state index contributed by atoms with van der Waals surface area (Å²) in [4.78, 5) is 24.7. The SMILES string of the molecule is O=C(Cc1cc(Cl)c2c(c1)OCCO2)N[C@H]1C(=O)Nc2c1ccc(Cl)c2Cl. The van der Waals surface area contributed by atoms with Crippen LogP contribution in [0.3, 0.4) is 0 Å². The quantitative estimate of drug-likeness (QED) is 0.782. The first-order chi connectivity index (χ1) is 12.9. The Hall–Kier alpha value is -2.15. The van der Waals surface area contributed by atoms with Crippen LogP contribution < -0.4 is 20.1 Å². The number of anilines is 1. The third-order valence-corrected chi connectivity index (χ3v) is 5.36. The molecule has 2 aliphatic heterocycles. The maximum atomic E-state index is 12.5. The van der Waals surface area contributed by atoms with Crippen LogP contribution in [0.25, 0.3) is 0 Å². The molecule has 9 heteroatoms. The van der Waals surface area contributed by atoms with Gasteiger partial charge in [-0.3, -0.25) is 9.59 Å². The summed E-state index contributed by atoms with van der Waals surface area (Å²) >= 11 is 18.3. The second kappa shape index (κ2) is 7.11. The van der Waals surface area contributed by atoms with Gasteiger partial charge in [-0.05, 0) is 23.8 Å². The summed E-state index contributed by atoms with van der Waals surface area (Å²) < 4.78 is 11.0. The first-order valence-corrected chi connectivity index (χ1v) is 9.23. The summed E-state index contributed by atoms with van der Waals surface area (Å²) in [6.07, 6.45) is 0.0246. The molecule has 0 aromatic heterocycles. The van der Waals surface area contributed by atoms with Crippen molar-refractivity contribution in [3.05, 3.63) is 50.5 Å². The number of halogens is 3. The van der Waals surface area contributed by atoms with Crippen molar-refractivity contribution in [3.63, 3.8) is 0 Å². The Morgan fingerprint density at radius 3 is 2.74 bits per heavy atom. The molecule has 2 N–H and O–H groups in total. The van der Waals surface area contributed by atoms with Crippen molar-refractivity contribution in [1.82, 2.24) is 5.32 Å². The Morgan fingerprint density at radius 2 is 1.93 bits per heavy atom. The van der Waals surface area contributed by atoms with Gasteiger partial charge < -0.3 is 20.1 Å². The van der Waals surface area contributed by atoms with Crippen LogP contribution in [0, 0.1) is 0 Å². The average Bonchev–Trinajstić information content (AvgIpc) is 2.95. The molecule has 0 fully saturated rings. The van der Waals surface area contributed by atoms with E-state index in [0.717, 1.165) is 0 Å². The molecule has 2 aliphatic rings. The van der Waals surface area contributed by atoms with Gasteiger partial charge in [-0.2, -0.15) is 0 Å². The zero-order valence-corrected chi connectivity index (χ0v) is 16.0. The third kappa shape index (κ3) is 3.40. The minimum atomic E-state index is -0.838. The van der Waals surface area contributed by atoms with Crippen LogP contribution in [0.1, 0.15) is 17.2 Å². The second-order valence-corrected chi connectivity index (χ2v) is 7.29. The molecule has 4 rings (SSSR count). The van der Waals surface area contributed by atoms with Gasteiger partial charge >= 0.3 is 0 Å². The predicted molar refractivity (Wildman–Crippen MR) is 102 cm³/mol. The Bertz CT molecular complexity index is 964. The van der Waals surface area contributed by atoms with E-state index in [4.69, 9.17) is 44.3 Å². The lowest BCUT2D eigenvalue weighted by Gasteiger charge is -2.20. The van der Waals surface area contributed by atoms with Gasteiger partial charge in [0.1, 0.15) is 19.3 Å². The molecule has 0 spiro atoms. The monoisotopic (exact) mass is 426 g/mol. The lowest BCUT2D eigenvalue weighted by molar-refractivity contribution is -0.125. The number of rotatable bonds is 3. The number of hydrogen-bond acceptors (Lipinski definition) is 4. The van der Waals surface area contributed by atoms with Gasteiger partial charge in [-0.25, -0.2) is 0 Å². The molecule has 0 aliphatic carbocycles. The Balaban J connectivity index is 1.52. The second-order valence-electron chi connectivity index (χ2n) is 6.09. The average molecular weight is 428 g/mol. The van der Waals surface area contributed by atoms with Crippen molar-refractivity contribution in [1.29, 1.82) is 0 Å². The molecule has 6 nitrogen and oxygen atoms in total. The Labute approximate surface area is 169 Å². The molecule has 0 saturated carbocycles. The fourth-order valence-corrected chi connectivity index (χ4v) is 3.74. The van der Waals surface area contributed by atoms with E-state index in [0.29, 0.717) is 51.6 Å². The molecule has 1 atom stereocenters. The van der Waals surface area contributed by atoms with Crippen molar-refractivity contribution in [2.24, 2.45) is 0 Å². The van der Waals surface area contributed by atoms with E-state index in [1.807, 2.05) is 0 Å². The lowest BCUT2D eigenvalue weighted by atomic mass is 10.1. The topological polar surface area (TPSA) is 76.7 Å². The molecule has 27 heavy (non-hydrogen) atoms. The fourth-order valence-electron chi connectivity index (χ4n) is 3.08. The van der Waals surface area contributed by atoms with Crippen LogP contribution in [0.4, 0.5) is 5.69 Å². The first-order valence-electron chi connectivity index (χ1n) is 8.10. The third-order valence-electron chi connectivity index (χ3n) is 4.28. The van der Waals surface area contributed by atoms with Crippen LogP contribution in [-0.4, -0.2) is 25.0 Å². The van der Waals surface area contributed by atoms with Crippen LogP contribution in [0.5, 0.6) is 11.5 Å². The summed E-state index contributed by atoms with van der Waals surface area (Å²) in [5, 5.41) is 6.31. The van der Waals surface area contributed by atoms with E-state index in [1.54, 1.807) is 24.3 Å². The van der Waals surface area contributed by atoms with E-state index in [1.165, 1.54) is 0 Å². The number of fused-ring (bicyclic) bond motifs is 2. The number of hydrogen-bond donors (Lipinski definition) is 2. The molecule has 0 radical (unpaired) electrons. The number of nitrogens with one attached hydrogen (secondary N) is 2. The van der Waals surface area contributed by atoms with E-state index < -0.39 is 6.04 Å². The molecular formula is C18H13Cl3N2O4. The van der Waals surface area contributed by atoms with Crippen molar-refractivity contribution < 1.29 is 19.1 Å². The van der Waals surface area contributed by atoms with Gasteiger partial charge in [0, 0.05) is 5.56 Å². The van der Waals surface area contributed by atoms with Gasteiger partial charge in [0.15, 0.2) is 11.5 Å². The number of amides is 2. The smallest absolute Gasteiger partial charge is 0.251 e. The maximum Gasteiger partial charge on any atom is 0.251 e. The molecule has 0 unspecified atom stereocenters. The van der Waals surface area contributed by atoms with Crippen LogP contribution in [-0.2, 0) is 16.0 Å². The molecule has 140 valence electrons. The van der Waals surface area contributed by atoms with Crippen LogP contribution in [0.15, 0.2) is 24.3 Å². The molecule has 2 aromatic rings. The van der Waals surface area contributed by atoms with Gasteiger partial charge in [0.25, 0.3) is 5.91 Å². The van der Waals surface area contributed by atoms with E-state index >= 15 is 0 Å². The van der Waals surface area contributed by atoms with Crippen molar-refractivity contribution in [2.45, 2.75) is 12.5 Å². The highest BCUT2D eigenvalue weighted by Crippen LogP contribution is 2.41.